The van der Waals surface area contributed by atoms with Crippen LogP contribution in [0.25, 0.3) is 0 Å². The summed E-state index contributed by atoms with van der Waals surface area (Å²) >= 11 is 1.20. The highest BCUT2D eigenvalue weighted by atomic mass is 32.1. The van der Waals surface area contributed by atoms with Gasteiger partial charge in [-0.25, -0.2) is 14.6 Å². The molecule has 6 nitrogen and oxygen atoms in total. The summed E-state index contributed by atoms with van der Waals surface area (Å²) < 4.78 is 4.64. The van der Waals surface area contributed by atoms with E-state index < -0.39 is 5.97 Å². The molecule has 0 bridgehead atoms. The van der Waals surface area contributed by atoms with Gasteiger partial charge in [-0.15, -0.1) is 0 Å². The molecule has 0 N–H and O–H groups in total. The number of anilines is 1. The van der Waals surface area contributed by atoms with Crippen LogP contribution in [0.3, 0.4) is 0 Å². The third-order valence-electron chi connectivity index (χ3n) is 3.38. The molecule has 0 unspecified atom stereocenters. The molecule has 0 radical (unpaired) electrons. The van der Waals surface area contributed by atoms with Gasteiger partial charge in [0.15, 0.2) is 5.13 Å². The van der Waals surface area contributed by atoms with Gasteiger partial charge in [0.2, 0.25) is 0 Å². The van der Waals surface area contributed by atoms with Crippen LogP contribution in [0, 0.1) is 5.92 Å². The fourth-order valence-corrected chi connectivity index (χ4v) is 2.98. The maximum atomic E-state index is 12.2. The molecule has 1 aliphatic heterocycles. The zero-order valence-electron chi connectivity index (χ0n) is 10.7. The lowest BCUT2D eigenvalue weighted by Crippen LogP contribution is -2.33. The first kappa shape index (κ1) is 12.4. The lowest BCUT2D eigenvalue weighted by Gasteiger charge is -2.16. The Hall–Kier alpha value is -1.63. The Labute approximate surface area is 115 Å². The first-order valence-corrected chi connectivity index (χ1v) is 7.11. The van der Waals surface area contributed by atoms with Crippen molar-refractivity contribution in [1.29, 1.82) is 0 Å². The molecule has 0 spiro atoms. The van der Waals surface area contributed by atoms with E-state index in [9.17, 15) is 9.59 Å². The molecule has 19 heavy (non-hydrogen) atoms. The molecule has 0 atom stereocenters. The maximum absolute atomic E-state index is 12.2. The number of carbonyl (C=O) groups excluding carboxylic acids is 2. The van der Waals surface area contributed by atoms with Crippen molar-refractivity contribution < 1.29 is 14.3 Å². The molecule has 1 aliphatic carbocycles. The highest BCUT2D eigenvalue weighted by molar-refractivity contribution is 7.17. The largest absolute Gasteiger partial charge is 0.465 e. The Kier molecular flexibility index (Phi) is 3.14. The van der Waals surface area contributed by atoms with Gasteiger partial charge in [-0.1, -0.05) is 11.3 Å². The fourth-order valence-electron chi connectivity index (χ4n) is 2.13. The number of nitrogens with zero attached hydrogens (tertiary/aromatic N) is 3. The highest BCUT2D eigenvalue weighted by Gasteiger charge is 2.35. The van der Waals surface area contributed by atoms with Crippen molar-refractivity contribution in [3.05, 3.63) is 11.1 Å². The number of amides is 2. The Morgan fingerprint density at radius 3 is 3.00 bits per heavy atom. The van der Waals surface area contributed by atoms with Crippen molar-refractivity contribution in [3.8, 4) is 0 Å². The number of aromatic nitrogens is 1. The fraction of sp³-hybridized carbons (Fsp3) is 0.583. The molecule has 0 aromatic carbocycles. The second-order valence-corrected chi connectivity index (χ2v) is 5.83. The monoisotopic (exact) mass is 281 g/mol. The first-order chi connectivity index (χ1) is 9.19. The van der Waals surface area contributed by atoms with Crippen molar-refractivity contribution in [3.63, 3.8) is 0 Å². The van der Waals surface area contributed by atoms with Gasteiger partial charge in [0.05, 0.1) is 13.3 Å². The SMILES string of the molecule is COC(=O)c1cnc(N2CCN(CC3CC3)C2=O)s1. The zero-order valence-corrected chi connectivity index (χ0v) is 11.5. The molecule has 2 fully saturated rings. The maximum Gasteiger partial charge on any atom is 0.349 e. The molecule has 102 valence electrons. The molecule has 1 saturated heterocycles. The third kappa shape index (κ3) is 2.42. The van der Waals surface area contributed by atoms with Gasteiger partial charge in [0, 0.05) is 19.6 Å². The predicted octanol–water partition coefficient (Wildman–Crippen LogP) is 1.58. The predicted molar refractivity (Wildman–Crippen MR) is 70.5 cm³/mol. The standard InChI is InChI=1S/C12H15N3O3S/c1-18-10(16)9-6-13-11(19-9)15-5-4-14(12(15)17)7-8-2-3-8/h6,8H,2-5,7H2,1H3. The smallest absolute Gasteiger partial charge is 0.349 e. The summed E-state index contributed by atoms with van der Waals surface area (Å²) in [7, 11) is 1.33. The Morgan fingerprint density at radius 2 is 2.32 bits per heavy atom. The first-order valence-electron chi connectivity index (χ1n) is 6.29. The average molecular weight is 281 g/mol. The summed E-state index contributed by atoms with van der Waals surface area (Å²) in [5, 5.41) is 0.573. The Balaban J connectivity index is 1.70. The molecule has 2 aliphatic rings. The van der Waals surface area contributed by atoms with Crippen LogP contribution in [0.5, 0.6) is 0 Å². The van der Waals surface area contributed by atoms with E-state index in [2.05, 4.69) is 9.72 Å². The molecule has 2 heterocycles. The molecule has 1 saturated carbocycles. The minimum atomic E-state index is -0.412. The number of urea groups is 1. The van der Waals surface area contributed by atoms with Crippen LogP contribution in [-0.2, 0) is 4.74 Å². The third-order valence-corrected chi connectivity index (χ3v) is 4.38. The number of hydrogen-bond donors (Lipinski definition) is 0. The van der Waals surface area contributed by atoms with E-state index in [4.69, 9.17) is 0 Å². The number of esters is 1. The van der Waals surface area contributed by atoms with Crippen LogP contribution in [0.15, 0.2) is 6.20 Å². The summed E-state index contributed by atoms with van der Waals surface area (Å²) in [5.74, 6) is 0.274. The minimum Gasteiger partial charge on any atom is -0.465 e. The van der Waals surface area contributed by atoms with Gasteiger partial charge in [-0.3, -0.25) is 4.90 Å². The van der Waals surface area contributed by atoms with E-state index in [0.717, 1.165) is 13.1 Å². The number of ether oxygens (including phenoxy) is 1. The summed E-state index contributed by atoms with van der Waals surface area (Å²) in [6, 6.07) is -0.00216. The van der Waals surface area contributed by atoms with Crippen LogP contribution in [0.4, 0.5) is 9.93 Å². The number of methoxy groups -OCH3 is 1. The van der Waals surface area contributed by atoms with Crippen LogP contribution < -0.4 is 4.90 Å². The van der Waals surface area contributed by atoms with E-state index in [1.54, 1.807) is 4.90 Å². The normalized spacial score (nSPS) is 19.1. The van der Waals surface area contributed by atoms with Crippen LogP contribution in [0.2, 0.25) is 0 Å². The van der Waals surface area contributed by atoms with Crippen molar-refractivity contribution in [2.45, 2.75) is 12.8 Å². The molecule has 3 rings (SSSR count). The van der Waals surface area contributed by atoms with Crippen LogP contribution in [0.1, 0.15) is 22.5 Å². The molecule has 1 aromatic rings. The lowest BCUT2D eigenvalue weighted by atomic mass is 10.4. The highest BCUT2D eigenvalue weighted by Crippen LogP contribution is 2.32. The molecule has 1 aromatic heterocycles. The summed E-state index contributed by atoms with van der Waals surface area (Å²) in [5.41, 5.74) is 0. The van der Waals surface area contributed by atoms with Crippen LogP contribution >= 0.6 is 11.3 Å². The van der Waals surface area contributed by atoms with Crippen molar-refractivity contribution in [2.24, 2.45) is 5.92 Å². The van der Waals surface area contributed by atoms with E-state index in [1.807, 2.05) is 4.90 Å². The van der Waals surface area contributed by atoms with E-state index >= 15 is 0 Å². The van der Waals surface area contributed by atoms with Gasteiger partial charge in [-0.05, 0) is 18.8 Å². The topological polar surface area (TPSA) is 62.7 Å². The number of rotatable bonds is 4. The Morgan fingerprint density at radius 1 is 1.53 bits per heavy atom. The minimum absolute atomic E-state index is 0.00216. The molecule has 7 heteroatoms. The Bertz CT molecular complexity index is 512. The number of carbonyl (C=O) groups is 2. The van der Waals surface area contributed by atoms with E-state index in [0.29, 0.717) is 22.5 Å². The second kappa shape index (κ2) is 4.80. The van der Waals surface area contributed by atoms with Crippen molar-refractivity contribution >= 4 is 28.5 Å². The quantitative estimate of drug-likeness (QED) is 0.786. The van der Waals surface area contributed by atoms with Crippen molar-refractivity contribution in [2.75, 3.05) is 31.6 Å². The summed E-state index contributed by atoms with van der Waals surface area (Å²) in [6.45, 7) is 2.23. The molecular formula is C12H15N3O3S. The van der Waals surface area contributed by atoms with Gasteiger partial charge in [0.25, 0.3) is 0 Å². The molecule has 2 amide bonds. The number of hydrogen-bond acceptors (Lipinski definition) is 5. The lowest BCUT2D eigenvalue weighted by molar-refractivity contribution is 0.0606. The zero-order chi connectivity index (χ0) is 13.4. The van der Waals surface area contributed by atoms with Gasteiger partial charge in [0.1, 0.15) is 4.88 Å². The summed E-state index contributed by atoms with van der Waals surface area (Å²) in [4.78, 5) is 31.7. The van der Waals surface area contributed by atoms with E-state index in [-0.39, 0.29) is 6.03 Å². The summed E-state index contributed by atoms with van der Waals surface area (Å²) in [6.07, 6.45) is 3.92. The van der Waals surface area contributed by atoms with Crippen molar-refractivity contribution in [1.82, 2.24) is 9.88 Å². The van der Waals surface area contributed by atoms with Crippen LogP contribution in [-0.4, -0.2) is 48.6 Å². The van der Waals surface area contributed by atoms with Gasteiger partial charge >= 0.3 is 12.0 Å². The second-order valence-electron chi connectivity index (χ2n) is 4.82. The van der Waals surface area contributed by atoms with E-state index in [1.165, 1.54) is 37.5 Å². The molecular weight excluding hydrogens is 266 g/mol. The number of thiazole rings is 1. The van der Waals surface area contributed by atoms with Gasteiger partial charge in [-0.2, -0.15) is 0 Å². The van der Waals surface area contributed by atoms with Gasteiger partial charge < -0.3 is 9.64 Å². The average Bonchev–Trinajstić information content (AvgIpc) is 2.97.